The summed E-state index contributed by atoms with van der Waals surface area (Å²) in [5.41, 5.74) is 1.14. The van der Waals surface area contributed by atoms with Gasteiger partial charge < -0.3 is 9.88 Å². The Morgan fingerprint density at radius 2 is 1.90 bits per heavy atom. The summed E-state index contributed by atoms with van der Waals surface area (Å²) in [4.78, 5) is 7.31. The average Bonchev–Trinajstić information content (AvgIpc) is 3.15. The van der Waals surface area contributed by atoms with Gasteiger partial charge in [0, 0.05) is 24.8 Å². The van der Waals surface area contributed by atoms with Crippen LogP contribution in [-0.4, -0.2) is 40.1 Å². The molecule has 0 bridgehead atoms. The number of aromatic nitrogens is 2. The van der Waals surface area contributed by atoms with Crippen LogP contribution >= 0.6 is 0 Å². The molecule has 1 aliphatic carbocycles. The van der Waals surface area contributed by atoms with Crippen LogP contribution in [0.2, 0.25) is 0 Å². The Bertz CT molecular complexity index is 442. The first-order chi connectivity index (χ1) is 10.2. The van der Waals surface area contributed by atoms with E-state index in [-0.39, 0.29) is 0 Å². The minimum absolute atomic E-state index is 0.601. The van der Waals surface area contributed by atoms with Gasteiger partial charge in [0.15, 0.2) is 0 Å². The van der Waals surface area contributed by atoms with Gasteiger partial charge in [0.1, 0.15) is 0 Å². The second-order valence-electron chi connectivity index (χ2n) is 6.88. The molecule has 1 unspecified atom stereocenters. The number of hydrogen-bond acceptors (Lipinski definition) is 3. The topological polar surface area (TPSA) is 33.1 Å². The van der Waals surface area contributed by atoms with Crippen molar-refractivity contribution in [2.75, 3.05) is 25.0 Å². The summed E-state index contributed by atoms with van der Waals surface area (Å²) < 4.78 is 2.41. The molecule has 4 heteroatoms. The molecule has 3 rings (SSSR count). The summed E-state index contributed by atoms with van der Waals surface area (Å²) >= 11 is 0. The van der Waals surface area contributed by atoms with Crippen LogP contribution in [0.25, 0.3) is 0 Å². The highest BCUT2D eigenvalue weighted by Gasteiger charge is 2.21. The minimum Gasteiger partial charge on any atom is -0.354 e. The van der Waals surface area contributed by atoms with Crippen LogP contribution in [0.15, 0.2) is 6.20 Å². The Balaban J connectivity index is 1.61. The lowest BCUT2D eigenvalue weighted by Gasteiger charge is -2.27. The van der Waals surface area contributed by atoms with Gasteiger partial charge in [-0.3, -0.25) is 4.90 Å². The number of nitrogens with one attached hydrogen (secondary N) is 1. The fraction of sp³-hybridized carbons (Fsp3) is 0.824. The minimum atomic E-state index is 0.601. The monoisotopic (exact) mass is 290 g/mol. The van der Waals surface area contributed by atoms with Crippen molar-refractivity contribution in [2.45, 2.75) is 70.9 Å². The Morgan fingerprint density at radius 3 is 2.62 bits per heavy atom. The third kappa shape index (κ3) is 3.60. The van der Waals surface area contributed by atoms with E-state index in [1.54, 1.807) is 0 Å². The first-order valence-corrected chi connectivity index (χ1v) is 8.77. The van der Waals surface area contributed by atoms with Crippen molar-refractivity contribution in [3.63, 3.8) is 0 Å². The summed E-state index contributed by atoms with van der Waals surface area (Å²) in [6.07, 6.45) is 11.7. The van der Waals surface area contributed by atoms with Crippen LogP contribution in [0, 0.1) is 6.92 Å². The second-order valence-corrected chi connectivity index (χ2v) is 6.88. The molecule has 1 aliphatic heterocycles. The molecule has 1 saturated carbocycles. The summed E-state index contributed by atoms with van der Waals surface area (Å²) in [5.74, 6) is 1.09. The molecule has 4 nitrogen and oxygen atoms in total. The van der Waals surface area contributed by atoms with Gasteiger partial charge in [0.2, 0.25) is 5.95 Å². The number of aryl methyl sites for hydroxylation is 1. The first kappa shape index (κ1) is 14.9. The summed E-state index contributed by atoms with van der Waals surface area (Å²) in [5, 5.41) is 3.62. The Morgan fingerprint density at radius 1 is 1.19 bits per heavy atom. The molecule has 1 aromatic rings. The molecule has 0 spiro atoms. The second kappa shape index (κ2) is 6.82. The van der Waals surface area contributed by atoms with E-state index in [2.05, 4.69) is 34.8 Å². The molecule has 0 amide bonds. The highest BCUT2D eigenvalue weighted by molar-refractivity contribution is 5.30. The number of imidazole rings is 1. The van der Waals surface area contributed by atoms with Gasteiger partial charge in [-0.05, 0) is 52.6 Å². The van der Waals surface area contributed by atoms with Gasteiger partial charge >= 0.3 is 0 Å². The molecule has 0 radical (unpaired) electrons. The fourth-order valence-electron chi connectivity index (χ4n) is 3.83. The quantitative estimate of drug-likeness (QED) is 0.899. The van der Waals surface area contributed by atoms with E-state index < -0.39 is 0 Å². The summed E-state index contributed by atoms with van der Waals surface area (Å²) in [6, 6.07) is 1.26. The van der Waals surface area contributed by atoms with Gasteiger partial charge in [-0.2, -0.15) is 0 Å². The predicted molar refractivity (Wildman–Crippen MR) is 87.8 cm³/mol. The molecule has 1 aromatic heterocycles. The van der Waals surface area contributed by atoms with Gasteiger partial charge in [-0.15, -0.1) is 0 Å². The summed E-state index contributed by atoms with van der Waals surface area (Å²) in [6.45, 7) is 7.97. The van der Waals surface area contributed by atoms with E-state index in [0.717, 1.165) is 18.2 Å². The summed E-state index contributed by atoms with van der Waals surface area (Å²) in [7, 11) is 0. The molecule has 1 atom stereocenters. The maximum Gasteiger partial charge on any atom is 0.203 e. The van der Waals surface area contributed by atoms with Crippen molar-refractivity contribution in [2.24, 2.45) is 0 Å². The zero-order valence-corrected chi connectivity index (χ0v) is 13.6. The first-order valence-electron chi connectivity index (χ1n) is 8.77. The zero-order valence-electron chi connectivity index (χ0n) is 13.6. The van der Waals surface area contributed by atoms with E-state index in [4.69, 9.17) is 4.98 Å². The van der Waals surface area contributed by atoms with Crippen LogP contribution in [0.5, 0.6) is 0 Å². The van der Waals surface area contributed by atoms with Crippen LogP contribution < -0.4 is 5.32 Å². The Hall–Kier alpha value is -1.03. The molecule has 2 aliphatic rings. The lowest BCUT2D eigenvalue weighted by Crippen LogP contribution is -2.36. The van der Waals surface area contributed by atoms with Crippen LogP contribution in [0.4, 0.5) is 5.95 Å². The molecule has 2 heterocycles. The van der Waals surface area contributed by atoms with E-state index in [1.807, 2.05) is 0 Å². The molecule has 2 fully saturated rings. The third-order valence-electron chi connectivity index (χ3n) is 5.14. The van der Waals surface area contributed by atoms with E-state index in [1.165, 1.54) is 58.0 Å². The average molecular weight is 290 g/mol. The van der Waals surface area contributed by atoms with Crippen molar-refractivity contribution in [1.82, 2.24) is 14.5 Å². The van der Waals surface area contributed by atoms with Crippen molar-refractivity contribution >= 4 is 5.95 Å². The maximum atomic E-state index is 4.72. The van der Waals surface area contributed by atoms with Crippen molar-refractivity contribution in [1.29, 1.82) is 0 Å². The molecule has 1 saturated heterocycles. The van der Waals surface area contributed by atoms with Crippen LogP contribution in [0.3, 0.4) is 0 Å². The number of hydrogen-bond donors (Lipinski definition) is 1. The van der Waals surface area contributed by atoms with Gasteiger partial charge in [-0.25, -0.2) is 4.98 Å². The standard InChI is InChI=1S/C17H30N4/c1-14-13-21(16-8-4-3-5-9-16)17(19-14)18-12-15(2)20-10-6-7-11-20/h13,15-16H,3-12H2,1-2H3,(H,18,19). The smallest absolute Gasteiger partial charge is 0.203 e. The highest BCUT2D eigenvalue weighted by Crippen LogP contribution is 2.30. The number of rotatable bonds is 5. The molecule has 118 valence electrons. The lowest BCUT2D eigenvalue weighted by atomic mass is 9.95. The van der Waals surface area contributed by atoms with Crippen molar-refractivity contribution < 1.29 is 0 Å². The third-order valence-corrected chi connectivity index (χ3v) is 5.14. The number of anilines is 1. The lowest BCUT2D eigenvalue weighted by molar-refractivity contribution is 0.268. The maximum absolute atomic E-state index is 4.72. The largest absolute Gasteiger partial charge is 0.354 e. The van der Waals surface area contributed by atoms with Crippen molar-refractivity contribution in [3.8, 4) is 0 Å². The van der Waals surface area contributed by atoms with E-state index in [0.29, 0.717) is 12.1 Å². The number of likely N-dealkylation sites (tertiary alicyclic amines) is 1. The molecule has 1 N–H and O–H groups in total. The van der Waals surface area contributed by atoms with E-state index >= 15 is 0 Å². The van der Waals surface area contributed by atoms with Gasteiger partial charge in [0.05, 0.1) is 5.69 Å². The molecule has 0 aromatic carbocycles. The van der Waals surface area contributed by atoms with Crippen molar-refractivity contribution in [3.05, 3.63) is 11.9 Å². The van der Waals surface area contributed by atoms with Crippen LogP contribution in [-0.2, 0) is 0 Å². The van der Waals surface area contributed by atoms with Gasteiger partial charge in [-0.1, -0.05) is 19.3 Å². The highest BCUT2D eigenvalue weighted by atomic mass is 15.2. The van der Waals surface area contributed by atoms with Gasteiger partial charge in [0.25, 0.3) is 0 Å². The molecular formula is C17H30N4. The SMILES string of the molecule is Cc1cn(C2CCCCC2)c(NCC(C)N2CCCC2)n1. The predicted octanol–water partition coefficient (Wildman–Crippen LogP) is 3.59. The zero-order chi connectivity index (χ0) is 14.7. The Labute approximate surface area is 128 Å². The van der Waals surface area contributed by atoms with Crippen LogP contribution in [0.1, 0.15) is 63.6 Å². The number of nitrogens with zero attached hydrogens (tertiary/aromatic N) is 3. The fourth-order valence-corrected chi connectivity index (χ4v) is 3.83. The molecule has 21 heavy (non-hydrogen) atoms. The normalized spacial score (nSPS) is 22.6. The Kier molecular flexibility index (Phi) is 4.84. The van der Waals surface area contributed by atoms with E-state index in [9.17, 15) is 0 Å². The molecular weight excluding hydrogens is 260 g/mol.